The molecule has 0 fully saturated rings. The fraction of sp³-hybridized carbons (Fsp3) is 0.111. The molecule has 3 aromatic rings. The molecule has 3 rings (SSSR count). The predicted molar refractivity (Wildman–Crippen MR) is 93.2 cm³/mol. The van der Waals surface area contributed by atoms with Crippen molar-refractivity contribution in [2.75, 3.05) is 0 Å². The summed E-state index contributed by atoms with van der Waals surface area (Å²) in [5, 5.41) is 9.61. The highest BCUT2D eigenvalue weighted by Gasteiger charge is 2.08. The van der Waals surface area contributed by atoms with Crippen LogP contribution in [-0.2, 0) is 5.75 Å². The van der Waals surface area contributed by atoms with Crippen molar-refractivity contribution in [2.24, 2.45) is 0 Å². The summed E-state index contributed by atoms with van der Waals surface area (Å²) in [7, 11) is 0. The van der Waals surface area contributed by atoms with E-state index in [1.54, 1.807) is 12.1 Å². The molecule has 0 saturated carbocycles. The van der Waals surface area contributed by atoms with Crippen molar-refractivity contribution in [1.29, 1.82) is 0 Å². The Hall–Kier alpha value is -1.91. The number of thioether (sulfide) groups is 1. The molecule has 0 spiro atoms. The topological polar surface area (TPSA) is 25.8 Å². The van der Waals surface area contributed by atoms with Gasteiger partial charge >= 0.3 is 0 Å². The van der Waals surface area contributed by atoms with Crippen LogP contribution in [0.15, 0.2) is 59.6 Å². The summed E-state index contributed by atoms with van der Waals surface area (Å²) in [4.78, 5) is 0. The lowest BCUT2D eigenvalue weighted by molar-refractivity contribution is 0.617. The standard InChI is InChI=1S/C18H14ClFN2S/c1-12-5-7-13(8-6-12)17-9-10-18(22-21-17)23-11-14-15(19)3-2-4-16(14)20/h2-10H,11H2,1H3. The van der Waals surface area contributed by atoms with Crippen molar-refractivity contribution < 1.29 is 4.39 Å². The first-order valence-corrected chi connectivity index (χ1v) is 8.46. The molecule has 0 N–H and O–H groups in total. The Morgan fingerprint density at radius 3 is 2.43 bits per heavy atom. The van der Waals surface area contributed by atoms with E-state index in [0.29, 0.717) is 16.3 Å². The average molecular weight is 345 g/mol. The van der Waals surface area contributed by atoms with Crippen molar-refractivity contribution in [2.45, 2.75) is 17.7 Å². The van der Waals surface area contributed by atoms with Gasteiger partial charge in [0.25, 0.3) is 0 Å². The summed E-state index contributed by atoms with van der Waals surface area (Å²) in [6.45, 7) is 2.04. The normalized spacial score (nSPS) is 10.7. The molecule has 1 aromatic heterocycles. The Balaban J connectivity index is 1.72. The van der Waals surface area contributed by atoms with Gasteiger partial charge in [0.15, 0.2) is 0 Å². The van der Waals surface area contributed by atoms with E-state index in [-0.39, 0.29) is 5.82 Å². The van der Waals surface area contributed by atoms with E-state index < -0.39 is 0 Å². The second kappa shape index (κ2) is 7.11. The number of aromatic nitrogens is 2. The monoisotopic (exact) mass is 344 g/mol. The fourth-order valence-electron chi connectivity index (χ4n) is 2.09. The van der Waals surface area contributed by atoms with Crippen LogP contribution in [0.1, 0.15) is 11.1 Å². The van der Waals surface area contributed by atoms with Gasteiger partial charge in [0, 0.05) is 21.9 Å². The van der Waals surface area contributed by atoms with Crippen molar-refractivity contribution in [1.82, 2.24) is 10.2 Å². The van der Waals surface area contributed by atoms with Gasteiger partial charge in [0.1, 0.15) is 10.8 Å². The van der Waals surface area contributed by atoms with Crippen molar-refractivity contribution >= 4 is 23.4 Å². The zero-order valence-corrected chi connectivity index (χ0v) is 14.0. The molecule has 2 aromatic carbocycles. The molecule has 0 unspecified atom stereocenters. The number of nitrogens with zero attached hydrogens (tertiary/aromatic N) is 2. The summed E-state index contributed by atoms with van der Waals surface area (Å²) in [6, 6.07) is 16.6. The number of halogens is 2. The number of rotatable bonds is 4. The molecule has 0 aliphatic rings. The van der Waals surface area contributed by atoms with E-state index >= 15 is 0 Å². The molecular weight excluding hydrogens is 331 g/mol. The zero-order valence-electron chi connectivity index (χ0n) is 12.5. The second-order valence-electron chi connectivity index (χ2n) is 5.11. The Bertz CT molecular complexity index is 784. The number of hydrogen-bond acceptors (Lipinski definition) is 3. The summed E-state index contributed by atoms with van der Waals surface area (Å²) in [5.41, 5.74) is 3.54. The van der Waals surface area contributed by atoms with Gasteiger partial charge in [0.2, 0.25) is 0 Å². The van der Waals surface area contributed by atoms with Crippen LogP contribution < -0.4 is 0 Å². The zero-order chi connectivity index (χ0) is 16.2. The van der Waals surface area contributed by atoms with Crippen LogP contribution in [-0.4, -0.2) is 10.2 Å². The molecular formula is C18H14ClFN2S. The van der Waals surface area contributed by atoms with Crippen LogP contribution in [0.3, 0.4) is 0 Å². The summed E-state index contributed by atoms with van der Waals surface area (Å²) in [5.74, 6) is 0.124. The highest BCUT2D eigenvalue weighted by molar-refractivity contribution is 7.98. The Morgan fingerprint density at radius 2 is 1.78 bits per heavy atom. The molecule has 5 heteroatoms. The molecule has 0 aliphatic carbocycles. The van der Waals surface area contributed by atoms with Gasteiger partial charge in [-0.15, -0.1) is 10.2 Å². The van der Waals surface area contributed by atoms with Crippen LogP contribution in [0.5, 0.6) is 0 Å². The fourth-order valence-corrected chi connectivity index (χ4v) is 3.25. The Labute approximate surface area is 143 Å². The molecule has 0 atom stereocenters. The van der Waals surface area contributed by atoms with E-state index in [1.807, 2.05) is 43.3 Å². The minimum Gasteiger partial charge on any atom is -0.207 e. The van der Waals surface area contributed by atoms with Gasteiger partial charge in [0.05, 0.1) is 5.69 Å². The summed E-state index contributed by atoms with van der Waals surface area (Å²) < 4.78 is 13.7. The first-order valence-electron chi connectivity index (χ1n) is 7.10. The molecule has 0 saturated heterocycles. The van der Waals surface area contributed by atoms with E-state index in [2.05, 4.69) is 10.2 Å². The van der Waals surface area contributed by atoms with E-state index in [4.69, 9.17) is 11.6 Å². The van der Waals surface area contributed by atoms with Crippen LogP contribution in [0, 0.1) is 12.7 Å². The minimum atomic E-state index is -0.297. The van der Waals surface area contributed by atoms with Gasteiger partial charge in [-0.1, -0.05) is 59.3 Å². The maximum absolute atomic E-state index is 13.7. The predicted octanol–water partition coefficient (Wildman–Crippen LogP) is 5.54. The third kappa shape index (κ3) is 3.89. The number of hydrogen-bond donors (Lipinski definition) is 0. The molecule has 0 amide bonds. The van der Waals surface area contributed by atoms with Gasteiger partial charge in [-0.2, -0.15) is 0 Å². The molecule has 116 valence electrons. The SMILES string of the molecule is Cc1ccc(-c2ccc(SCc3c(F)cccc3Cl)nn2)cc1. The van der Waals surface area contributed by atoms with Gasteiger partial charge in [-0.05, 0) is 31.2 Å². The lowest BCUT2D eigenvalue weighted by atomic mass is 10.1. The lowest BCUT2D eigenvalue weighted by Crippen LogP contribution is -1.92. The van der Waals surface area contributed by atoms with Crippen LogP contribution in [0.4, 0.5) is 4.39 Å². The summed E-state index contributed by atoms with van der Waals surface area (Å²) in [6.07, 6.45) is 0. The Morgan fingerprint density at radius 1 is 1.00 bits per heavy atom. The third-order valence-corrected chi connectivity index (χ3v) is 4.71. The first kappa shape index (κ1) is 16.0. The van der Waals surface area contributed by atoms with Crippen LogP contribution in [0.25, 0.3) is 11.3 Å². The molecule has 23 heavy (non-hydrogen) atoms. The quantitative estimate of drug-likeness (QED) is 0.581. The average Bonchev–Trinajstić information content (AvgIpc) is 2.56. The summed E-state index contributed by atoms with van der Waals surface area (Å²) >= 11 is 7.43. The third-order valence-electron chi connectivity index (χ3n) is 3.41. The number of aryl methyl sites for hydroxylation is 1. The van der Waals surface area contributed by atoms with E-state index in [0.717, 1.165) is 16.3 Å². The lowest BCUT2D eigenvalue weighted by Gasteiger charge is -2.06. The molecule has 0 radical (unpaired) electrons. The van der Waals surface area contributed by atoms with Crippen LogP contribution >= 0.6 is 23.4 Å². The maximum Gasteiger partial charge on any atom is 0.128 e. The maximum atomic E-state index is 13.7. The highest BCUT2D eigenvalue weighted by Crippen LogP contribution is 2.28. The molecule has 0 aliphatic heterocycles. The molecule has 1 heterocycles. The smallest absolute Gasteiger partial charge is 0.128 e. The highest BCUT2D eigenvalue weighted by atomic mass is 35.5. The minimum absolute atomic E-state index is 0.297. The van der Waals surface area contributed by atoms with Crippen LogP contribution in [0.2, 0.25) is 5.02 Å². The van der Waals surface area contributed by atoms with Gasteiger partial charge < -0.3 is 0 Å². The molecule has 0 bridgehead atoms. The Kier molecular flexibility index (Phi) is 4.94. The molecule has 2 nitrogen and oxygen atoms in total. The van der Waals surface area contributed by atoms with Gasteiger partial charge in [-0.25, -0.2) is 4.39 Å². The number of benzene rings is 2. The largest absolute Gasteiger partial charge is 0.207 e. The van der Waals surface area contributed by atoms with Crippen molar-refractivity contribution in [3.05, 3.63) is 76.6 Å². The first-order chi connectivity index (χ1) is 11.1. The second-order valence-corrected chi connectivity index (χ2v) is 6.51. The van der Waals surface area contributed by atoms with E-state index in [1.165, 1.54) is 23.4 Å². The van der Waals surface area contributed by atoms with Gasteiger partial charge in [-0.3, -0.25) is 0 Å². The van der Waals surface area contributed by atoms with Crippen molar-refractivity contribution in [3.8, 4) is 11.3 Å². The van der Waals surface area contributed by atoms with Crippen molar-refractivity contribution in [3.63, 3.8) is 0 Å². The van der Waals surface area contributed by atoms with E-state index in [9.17, 15) is 4.39 Å².